The van der Waals surface area contributed by atoms with Gasteiger partial charge in [0.1, 0.15) is 0 Å². The van der Waals surface area contributed by atoms with E-state index in [0.29, 0.717) is 0 Å². The highest BCUT2D eigenvalue weighted by Crippen LogP contribution is 2.40. The van der Waals surface area contributed by atoms with Gasteiger partial charge in [-0.2, -0.15) is 0 Å². The van der Waals surface area contributed by atoms with Crippen LogP contribution in [0.5, 0.6) is 0 Å². The van der Waals surface area contributed by atoms with Crippen molar-refractivity contribution >= 4 is 32.3 Å². The van der Waals surface area contributed by atoms with Gasteiger partial charge in [0.05, 0.1) is 0 Å². The highest BCUT2D eigenvalue weighted by molar-refractivity contribution is 6.13. The number of fused-ring (bicyclic) bond motifs is 3. The van der Waals surface area contributed by atoms with Crippen LogP contribution >= 0.6 is 0 Å². The molecule has 0 N–H and O–H groups in total. The summed E-state index contributed by atoms with van der Waals surface area (Å²) in [6, 6.07) is 43.8. The molecule has 0 nitrogen and oxygen atoms in total. The largest absolute Gasteiger partial charge is 0.0616 e. The molecule has 0 aliphatic rings. The zero-order valence-corrected chi connectivity index (χ0v) is 16.5. The highest BCUT2D eigenvalue weighted by Gasteiger charge is 2.13. The van der Waals surface area contributed by atoms with Gasteiger partial charge in [-0.1, -0.05) is 121 Å². The van der Waals surface area contributed by atoms with E-state index >= 15 is 0 Å². The number of hydrogen-bond donors (Lipinski definition) is 0. The minimum atomic E-state index is 1.27. The van der Waals surface area contributed by atoms with E-state index in [4.69, 9.17) is 0 Å². The molecule has 6 aromatic carbocycles. The van der Waals surface area contributed by atoms with Crippen LogP contribution in [0, 0.1) is 0 Å². The fraction of sp³-hybridized carbons (Fsp3) is 0. The lowest BCUT2D eigenvalue weighted by atomic mass is 9.88. The van der Waals surface area contributed by atoms with E-state index < -0.39 is 0 Å². The Morgan fingerprint density at radius 3 is 1.13 bits per heavy atom. The second kappa shape index (κ2) is 6.86. The van der Waals surface area contributed by atoms with E-state index in [0.717, 1.165) is 0 Å². The van der Waals surface area contributed by atoms with Gasteiger partial charge >= 0.3 is 0 Å². The normalized spacial score (nSPS) is 11.3. The minimum absolute atomic E-state index is 1.27. The molecule has 0 unspecified atom stereocenters. The van der Waals surface area contributed by atoms with Crippen LogP contribution in [0.3, 0.4) is 0 Å². The van der Waals surface area contributed by atoms with Crippen molar-refractivity contribution in [2.75, 3.05) is 0 Å². The van der Waals surface area contributed by atoms with Gasteiger partial charge in [0.15, 0.2) is 0 Å². The van der Waals surface area contributed by atoms with E-state index in [1.54, 1.807) is 0 Å². The molecule has 0 spiro atoms. The first-order chi connectivity index (χ1) is 14.9. The summed E-state index contributed by atoms with van der Waals surface area (Å²) in [5, 5.41) is 7.71. The zero-order valence-electron chi connectivity index (χ0n) is 16.5. The molecule has 0 radical (unpaired) electrons. The lowest BCUT2D eigenvalue weighted by Gasteiger charge is -2.15. The molecule has 6 aromatic rings. The summed E-state index contributed by atoms with van der Waals surface area (Å²) >= 11 is 0. The van der Waals surface area contributed by atoms with Gasteiger partial charge in [-0.05, 0) is 54.6 Å². The van der Waals surface area contributed by atoms with E-state index in [2.05, 4.69) is 121 Å². The van der Waals surface area contributed by atoms with Crippen LogP contribution < -0.4 is 0 Å². The van der Waals surface area contributed by atoms with Gasteiger partial charge in [-0.15, -0.1) is 0 Å². The molecule has 0 fully saturated rings. The molecule has 0 heterocycles. The molecule has 140 valence electrons. The Balaban J connectivity index is 1.74. The van der Waals surface area contributed by atoms with Crippen LogP contribution in [-0.4, -0.2) is 0 Å². The van der Waals surface area contributed by atoms with Gasteiger partial charge in [-0.25, -0.2) is 0 Å². The first kappa shape index (κ1) is 17.0. The molecular formula is C30H20. The standard InChI is InChI=1S/C30H20/c1-3-15-24-21(9-1)11-5-17-26(24)28-19-7-13-23-14-8-20-29(30(23)28)27-18-6-12-22-10-2-4-16-25(22)27/h1-20H. The number of benzene rings is 6. The van der Waals surface area contributed by atoms with Gasteiger partial charge in [-0.3, -0.25) is 0 Å². The third-order valence-corrected chi connectivity index (χ3v) is 6.06. The van der Waals surface area contributed by atoms with Gasteiger partial charge < -0.3 is 0 Å². The fourth-order valence-corrected chi connectivity index (χ4v) is 4.71. The monoisotopic (exact) mass is 380 g/mol. The van der Waals surface area contributed by atoms with Gasteiger partial charge in [0.25, 0.3) is 0 Å². The highest BCUT2D eigenvalue weighted by atomic mass is 14.2. The molecule has 0 heteroatoms. The van der Waals surface area contributed by atoms with Gasteiger partial charge in [0.2, 0.25) is 0 Å². The minimum Gasteiger partial charge on any atom is -0.0616 e. The first-order valence-electron chi connectivity index (χ1n) is 10.4. The van der Waals surface area contributed by atoms with Crippen LogP contribution in [0.25, 0.3) is 54.6 Å². The second-order valence-corrected chi connectivity index (χ2v) is 7.76. The molecule has 0 aliphatic heterocycles. The van der Waals surface area contributed by atoms with Crippen molar-refractivity contribution in [3.63, 3.8) is 0 Å². The summed E-state index contributed by atoms with van der Waals surface area (Å²) in [4.78, 5) is 0. The predicted octanol–water partition coefficient (Wildman–Crippen LogP) is 8.48. The van der Waals surface area contributed by atoms with Crippen LogP contribution in [-0.2, 0) is 0 Å². The van der Waals surface area contributed by atoms with Crippen molar-refractivity contribution in [2.45, 2.75) is 0 Å². The Labute approximate surface area is 176 Å². The molecular weight excluding hydrogens is 360 g/mol. The SMILES string of the molecule is c1ccc2c(-c3cccc4cccc(-c5cccc6ccccc56)c34)cccc2c1. The molecule has 0 aromatic heterocycles. The van der Waals surface area contributed by atoms with Crippen LogP contribution in [0.4, 0.5) is 0 Å². The van der Waals surface area contributed by atoms with Crippen LogP contribution in [0.1, 0.15) is 0 Å². The van der Waals surface area contributed by atoms with Crippen molar-refractivity contribution in [3.8, 4) is 22.3 Å². The molecule has 0 atom stereocenters. The van der Waals surface area contributed by atoms with Crippen molar-refractivity contribution in [3.05, 3.63) is 121 Å². The summed E-state index contributed by atoms with van der Waals surface area (Å²) in [6.45, 7) is 0. The van der Waals surface area contributed by atoms with Crippen molar-refractivity contribution in [1.29, 1.82) is 0 Å². The van der Waals surface area contributed by atoms with E-state index in [1.165, 1.54) is 54.6 Å². The lowest BCUT2D eigenvalue weighted by Crippen LogP contribution is -1.88. The molecule has 0 aliphatic carbocycles. The van der Waals surface area contributed by atoms with Crippen LogP contribution in [0.2, 0.25) is 0 Å². The Bertz CT molecular complexity index is 1410. The zero-order chi connectivity index (χ0) is 19.9. The van der Waals surface area contributed by atoms with Crippen molar-refractivity contribution < 1.29 is 0 Å². The topological polar surface area (TPSA) is 0 Å². The quantitative estimate of drug-likeness (QED) is 0.282. The van der Waals surface area contributed by atoms with E-state index in [-0.39, 0.29) is 0 Å². The molecule has 0 saturated heterocycles. The second-order valence-electron chi connectivity index (χ2n) is 7.76. The summed E-state index contributed by atoms with van der Waals surface area (Å²) in [7, 11) is 0. The van der Waals surface area contributed by atoms with Crippen LogP contribution in [0.15, 0.2) is 121 Å². The lowest BCUT2D eigenvalue weighted by molar-refractivity contribution is 1.66. The predicted molar refractivity (Wildman–Crippen MR) is 130 cm³/mol. The van der Waals surface area contributed by atoms with Gasteiger partial charge in [0, 0.05) is 0 Å². The molecule has 30 heavy (non-hydrogen) atoms. The molecule has 0 amide bonds. The Hall–Kier alpha value is -3.90. The maximum atomic E-state index is 2.26. The van der Waals surface area contributed by atoms with Crippen molar-refractivity contribution in [1.82, 2.24) is 0 Å². The maximum absolute atomic E-state index is 2.26. The Morgan fingerprint density at radius 1 is 0.267 bits per heavy atom. The average molecular weight is 380 g/mol. The van der Waals surface area contributed by atoms with E-state index in [9.17, 15) is 0 Å². The molecule has 0 bridgehead atoms. The smallest absolute Gasteiger partial charge is 0.00264 e. The summed E-state index contributed by atoms with van der Waals surface area (Å²) in [5.41, 5.74) is 5.14. The van der Waals surface area contributed by atoms with E-state index in [1.807, 2.05) is 0 Å². The third kappa shape index (κ3) is 2.62. The number of rotatable bonds is 2. The third-order valence-electron chi connectivity index (χ3n) is 6.06. The Kier molecular flexibility index (Phi) is 3.89. The summed E-state index contributed by atoms with van der Waals surface area (Å²) < 4.78 is 0. The maximum Gasteiger partial charge on any atom is -0.00264 e. The molecule has 0 saturated carbocycles. The number of hydrogen-bond acceptors (Lipinski definition) is 0. The Morgan fingerprint density at radius 2 is 0.633 bits per heavy atom. The fourth-order valence-electron chi connectivity index (χ4n) is 4.71. The summed E-state index contributed by atoms with van der Waals surface area (Å²) in [5.74, 6) is 0. The summed E-state index contributed by atoms with van der Waals surface area (Å²) in [6.07, 6.45) is 0. The average Bonchev–Trinajstić information content (AvgIpc) is 2.82. The first-order valence-corrected chi connectivity index (χ1v) is 10.4. The van der Waals surface area contributed by atoms with Crippen molar-refractivity contribution in [2.24, 2.45) is 0 Å². The molecule has 6 rings (SSSR count).